The van der Waals surface area contributed by atoms with Gasteiger partial charge in [0.15, 0.2) is 0 Å². The van der Waals surface area contributed by atoms with E-state index < -0.39 is 25.6 Å². The third-order valence-electron chi connectivity index (χ3n) is 3.93. The summed E-state index contributed by atoms with van der Waals surface area (Å²) in [4.78, 5) is 11.5. The number of amides is 1. The van der Waals surface area contributed by atoms with Gasteiger partial charge in [0.25, 0.3) is 0 Å². The molecule has 2 atom stereocenters. The second kappa shape index (κ2) is 10.2. The molecule has 0 saturated carbocycles. The highest BCUT2D eigenvalue weighted by Gasteiger charge is 2.28. The van der Waals surface area contributed by atoms with Crippen molar-refractivity contribution in [3.8, 4) is 0 Å². The van der Waals surface area contributed by atoms with Gasteiger partial charge < -0.3 is 14.2 Å². The molecule has 2 aliphatic heterocycles. The number of carbonyl (C=O) groups excluding carboxylic acids is 1. The summed E-state index contributed by atoms with van der Waals surface area (Å²) in [5, 5.41) is -0.163. The number of ether oxygens (including phenoxy) is 3. The van der Waals surface area contributed by atoms with Gasteiger partial charge in [-0.2, -0.15) is 0 Å². The van der Waals surface area contributed by atoms with Gasteiger partial charge in [0.05, 0.1) is 46.7 Å². The predicted molar refractivity (Wildman–Crippen MR) is 106 cm³/mol. The van der Waals surface area contributed by atoms with Gasteiger partial charge in [0, 0.05) is 22.2 Å². The highest BCUT2D eigenvalue weighted by Crippen LogP contribution is 2.14. The zero-order valence-corrected chi connectivity index (χ0v) is 16.4. The molecular formula is C17H28N2O6S2. The van der Waals surface area contributed by atoms with Crippen LogP contribution in [0.4, 0.5) is 4.79 Å². The lowest BCUT2D eigenvalue weighted by atomic mass is 10.2. The molecular weight excluding hydrogens is 392 g/mol. The Bertz CT molecular complexity index is 824. The molecule has 0 aliphatic carbocycles. The molecule has 154 valence electrons. The second-order valence-corrected chi connectivity index (χ2v) is 11.3. The highest BCUT2D eigenvalue weighted by molar-refractivity contribution is 7.94. The summed E-state index contributed by atoms with van der Waals surface area (Å²) >= 11 is 0. The largest absolute Gasteiger partial charge is 0.443 e. The van der Waals surface area contributed by atoms with Crippen molar-refractivity contribution >= 4 is 25.6 Å². The van der Waals surface area contributed by atoms with Crippen LogP contribution in [-0.4, -0.2) is 63.9 Å². The van der Waals surface area contributed by atoms with Crippen molar-refractivity contribution in [1.29, 1.82) is 4.78 Å². The SMILES string of the molecule is C.CS(=N)(=O)C1COC1.CS(=O)(=NC(=O)OCc1ccccc1)C1COC1. The first-order chi connectivity index (χ1) is 12.2. The minimum Gasteiger partial charge on any atom is -0.443 e. The van der Waals surface area contributed by atoms with Crippen LogP contribution in [0.3, 0.4) is 0 Å². The lowest BCUT2D eigenvalue weighted by molar-refractivity contribution is 0.0429. The van der Waals surface area contributed by atoms with E-state index >= 15 is 0 Å². The first kappa shape index (κ1) is 23.5. The van der Waals surface area contributed by atoms with Gasteiger partial charge >= 0.3 is 6.09 Å². The Balaban J connectivity index is 0.000000342. The molecule has 2 aliphatic rings. The van der Waals surface area contributed by atoms with Crippen LogP contribution in [0.1, 0.15) is 13.0 Å². The summed E-state index contributed by atoms with van der Waals surface area (Å²) in [6, 6.07) is 9.28. The van der Waals surface area contributed by atoms with E-state index in [0.29, 0.717) is 26.4 Å². The summed E-state index contributed by atoms with van der Waals surface area (Å²) in [5.74, 6) is 0. The molecule has 0 bridgehead atoms. The summed E-state index contributed by atoms with van der Waals surface area (Å²) in [6.07, 6.45) is 2.14. The normalized spacial score (nSPS) is 20.8. The third kappa shape index (κ3) is 7.57. The number of hydrogen-bond donors (Lipinski definition) is 1. The van der Waals surface area contributed by atoms with Gasteiger partial charge in [-0.1, -0.05) is 37.8 Å². The number of nitrogens with zero attached hydrogens (tertiary/aromatic N) is 1. The average molecular weight is 421 g/mol. The first-order valence-corrected chi connectivity index (χ1v) is 12.0. The summed E-state index contributed by atoms with van der Waals surface area (Å²) < 4.78 is 48.1. The smallest absolute Gasteiger partial charge is 0.442 e. The molecule has 1 aromatic rings. The number of benzene rings is 1. The Labute approximate surface area is 161 Å². The fourth-order valence-electron chi connectivity index (χ4n) is 1.91. The van der Waals surface area contributed by atoms with Crippen molar-refractivity contribution in [2.24, 2.45) is 4.36 Å². The monoisotopic (exact) mass is 420 g/mol. The number of nitrogens with one attached hydrogen (secondary N) is 1. The number of rotatable bonds is 4. The molecule has 0 spiro atoms. The van der Waals surface area contributed by atoms with Crippen LogP contribution < -0.4 is 0 Å². The average Bonchev–Trinajstić information content (AvgIpc) is 2.40. The Morgan fingerprint density at radius 2 is 1.63 bits per heavy atom. The summed E-state index contributed by atoms with van der Waals surface area (Å²) in [7, 11) is -4.84. The van der Waals surface area contributed by atoms with Gasteiger partial charge in [-0.3, -0.25) is 4.78 Å². The molecule has 10 heteroatoms. The second-order valence-electron chi connectivity index (χ2n) is 6.22. The molecule has 2 heterocycles. The first-order valence-electron chi connectivity index (χ1n) is 7.98. The molecule has 8 nitrogen and oxygen atoms in total. The van der Waals surface area contributed by atoms with E-state index in [9.17, 15) is 13.2 Å². The number of carbonyl (C=O) groups is 1. The maximum absolute atomic E-state index is 12.0. The molecule has 0 aromatic heterocycles. The van der Waals surface area contributed by atoms with Crippen LogP contribution in [-0.2, 0) is 40.3 Å². The van der Waals surface area contributed by atoms with Gasteiger partial charge in [-0.15, -0.1) is 4.36 Å². The van der Waals surface area contributed by atoms with Crippen LogP contribution in [0.5, 0.6) is 0 Å². The maximum Gasteiger partial charge on any atom is 0.442 e. The van der Waals surface area contributed by atoms with Crippen molar-refractivity contribution in [2.45, 2.75) is 24.5 Å². The molecule has 27 heavy (non-hydrogen) atoms. The fourth-order valence-corrected chi connectivity index (χ4v) is 3.82. The van der Waals surface area contributed by atoms with Gasteiger partial charge in [0.2, 0.25) is 0 Å². The Morgan fingerprint density at radius 3 is 2.00 bits per heavy atom. The lowest BCUT2D eigenvalue weighted by Crippen LogP contribution is -2.40. The van der Waals surface area contributed by atoms with E-state index in [1.54, 1.807) is 0 Å². The van der Waals surface area contributed by atoms with E-state index in [4.69, 9.17) is 19.0 Å². The summed E-state index contributed by atoms with van der Waals surface area (Å²) in [5.41, 5.74) is 0.871. The lowest BCUT2D eigenvalue weighted by Gasteiger charge is -2.26. The maximum atomic E-state index is 12.0. The van der Waals surface area contributed by atoms with Crippen molar-refractivity contribution in [1.82, 2.24) is 0 Å². The van der Waals surface area contributed by atoms with Crippen LogP contribution in [0, 0.1) is 4.78 Å². The topological polar surface area (TPSA) is 115 Å². The van der Waals surface area contributed by atoms with E-state index in [2.05, 4.69) is 4.36 Å². The molecule has 3 rings (SSSR count). The van der Waals surface area contributed by atoms with Gasteiger partial charge in [-0.05, 0) is 5.56 Å². The molecule has 2 saturated heterocycles. The molecule has 2 unspecified atom stereocenters. The number of hydrogen-bond acceptors (Lipinski definition) is 7. The van der Waals surface area contributed by atoms with Crippen molar-refractivity contribution in [2.75, 3.05) is 38.9 Å². The fraction of sp³-hybridized carbons (Fsp3) is 0.588. The highest BCUT2D eigenvalue weighted by atomic mass is 32.2. The van der Waals surface area contributed by atoms with E-state index in [-0.39, 0.29) is 24.5 Å². The Kier molecular flexibility index (Phi) is 8.86. The Morgan fingerprint density at radius 1 is 1.11 bits per heavy atom. The van der Waals surface area contributed by atoms with Crippen molar-refractivity contribution in [3.05, 3.63) is 35.9 Å². The zero-order chi connectivity index (χ0) is 19.2. The van der Waals surface area contributed by atoms with E-state index in [1.807, 2.05) is 30.3 Å². The third-order valence-corrected chi connectivity index (χ3v) is 7.50. The predicted octanol–water partition coefficient (Wildman–Crippen LogP) is 2.52. The minimum absolute atomic E-state index is 0. The van der Waals surface area contributed by atoms with E-state index in [1.165, 1.54) is 12.5 Å². The van der Waals surface area contributed by atoms with Gasteiger partial charge in [0.1, 0.15) is 6.61 Å². The van der Waals surface area contributed by atoms with E-state index in [0.717, 1.165) is 5.56 Å². The van der Waals surface area contributed by atoms with Crippen LogP contribution >= 0.6 is 0 Å². The van der Waals surface area contributed by atoms with Crippen molar-refractivity contribution < 1.29 is 27.4 Å². The Hall–Kier alpha value is -1.49. The quantitative estimate of drug-likeness (QED) is 0.800. The minimum atomic E-state index is -2.55. The molecule has 0 radical (unpaired) electrons. The van der Waals surface area contributed by atoms with Crippen molar-refractivity contribution in [3.63, 3.8) is 0 Å². The molecule has 2 fully saturated rings. The van der Waals surface area contributed by atoms with Gasteiger partial charge in [-0.25, -0.2) is 13.2 Å². The molecule has 1 amide bonds. The van der Waals surface area contributed by atoms with Crippen LogP contribution in [0.2, 0.25) is 0 Å². The molecule has 1 N–H and O–H groups in total. The van der Waals surface area contributed by atoms with Crippen LogP contribution in [0.15, 0.2) is 34.7 Å². The molecule has 1 aromatic carbocycles. The zero-order valence-electron chi connectivity index (χ0n) is 14.8. The standard InChI is InChI=1S/C12H15NO4S.C4H9NO2S.CH4/c1-18(15,11-8-16-9-11)13-12(14)17-7-10-5-3-2-4-6-10;1-8(5,6)4-2-7-3-4;/h2-6,11H,7-9H2,1H3;4-5H,2-3H2,1H3;1H4. The van der Waals surface area contributed by atoms with Crippen LogP contribution in [0.25, 0.3) is 0 Å². The summed E-state index contributed by atoms with van der Waals surface area (Å²) in [6.45, 7) is 1.95.